The molecule has 6 aromatic carbocycles. The maximum absolute atomic E-state index is 9.79. The molecule has 43 heavy (non-hydrogen) atoms. The first-order chi connectivity index (χ1) is 20.9. The van der Waals surface area contributed by atoms with Gasteiger partial charge in [0, 0.05) is 5.41 Å². The Kier molecular flexibility index (Phi) is 6.78. The molecule has 1 aliphatic carbocycles. The summed E-state index contributed by atoms with van der Waals surface area (Å²) in [6.07, 6.45) is 0. The first-order valence-corrected chi connectivity index (χ1v) is 16.8. The zero-order valence-corrected chi connectivity index (χ0v) is 25.4. The Morgan fingerprint density at radius 3 is 1.37 bits per heavy atom. The van der Waals surface area contributed by atoms with E-state index >= 15 is 0 Å². The van der Waals surface area contributed by atoms with Crippen molar-refractivity contribution in [3.8, 4) is 22.3 Å². The monoisotopic (exact) mass is 572 g/mol. The van der Waals surface area contributed by atoms with E-state index in [1.807, 2.05) is 18.2 Å². The molecule has 2 nitrogen and oxygen atoms in total. The highest BCUT2D eigenvalue weighted by Crippen LogP contribution is 2.49. The average molecular weight is 573 g/mol. The Bertz CT molecular complexity index is 1800. The smallest absolute Gasteiger partial charge is 0.423 e. The molecule has 0 bridgehead atoms. The lowest BCUT2D eigenvalue weighted by atomic mass is 9.75. The van der Waals surface area contributed by atoms with Crippen molar-refractivity contribution in [2.45, 2.75) is 19.3 Å². The Morgan fingerprint density at radius 1 is 0.465 bits per heavy atom. The summed E-state index contributed by atoms with van der Waals surface area (Å²) in [6, 6.07) is 54.8. The molecule has 0 saturated carbocycles. The van der Waals surface area contributed by atoms with Crippen LogP contribution in [0.25, 0.3) is 22.3 Å². The molecule has 2 N–H and O–H groups in total. The van der Waals surface area contributed by atoms with Gasteiger partial charge in [0.05, 0.1) is 0 Å². The van der Waals surface area contributed by atoms with Gasteiger partial charge in [0.25, 0.3) is 0 Å². The third kappa shape index (κ3) is 4.42. The van der Waals surface area contributed by atoms with Crippen LogP contribution < -0.4 is 26.2 Å². The molecule has 0 radical (unpaired) electrons. The Hall–Kier alpha value is -4.48. The second-order valence-electron chi connectivity index (χ2n) is 12.0. The van der Waals surface area contributed by atoms with Gasteiger partial charge in [-0.15, -0.1) is 0 Å². The summed E-state index contributed by atoms with van der Waals surface area (Å²) < 4.78 is 0. The molecule has 0 heterocycles. The predicted molar refractivity (Wildman–Crippen MR) is 183 cm³/mol. The molecule has 0 spiro atoms. The Labute approximate surface area is 255 Å². The van der Waals surface area contributed by atoms with E-state index in [9.17, 15) is 10.0 Å². The van der Waals surface area contributed by atoms with Crippen LogP contribution in [0.2, 0.25) is 0 Å². The normalized spacial score (nSPS) is 13.3. The van der Waals surface area contributed by atoms with E-state index in [1.165, 1.54) is 43.0 Å². The van der Waals surface area contributed by atoms with Gasteiger partial charge in [-0.1, -0.05) is 159 Å². The number of rotatable bonds is 6. The lowest BCUT2D eigenvalue weighted by Crippen LogP contribution is -2.74. The molecule has 208 valence electrons. The van der Waals surface area contributed by atoms with E-state index in [2.05, 4.69) is 147 Å². The predicted octanol–water partition coefficient (Wildman–Crippen LogP) is 4.72. The summed E-state index contributed by atoms with van der Waals surface area (Å²) in [5.41, 5.74) is 7.40. The zero-order valence-electron chi connectivity index (χ0n) is 24.4. The third-order valence-corrected chi connectivity index (χ3v) is 14.1. The molecular weight excluding hydrogens is 539 g/mol. The molecule has 0 fully saturated rings. The first-order valence-electron chi connectivity index (χ1n) is 14.8. The van der Waals surface area contributed by atoms with E-state index in [0.29, 0.717) is 5.46 Å². The molecule has 0 atom stereocenters. The standard InChI is InChI=1S/C39H33BO2Si/c1-39(2)37-26-29(20-24-35(37)36-25-21-30(40(41)42)27-38(36)39)28-18-22-34(23-19-28)43(31-12-6-3-7-13-31,32-14-8-4-9-15-32)33-16-10-5-11-17-33/h3-27,41-42H,1-2H3. The highest BCUT2D eigenvalue weighted by Gasteiger charge is 2.41. The minimum absolute atomic E-state index is 0.248. The van der Waals surface area contributed by atoms with Crippen LogP contribution >= 0.6 is 0 Å². The van der Waals surface area contributed by atoms with Crippen LogP contribution in [-0.4, -0.2) is 25.2 Å². The Balaban J connectivity index is 1.35. The molecule has 0 amide bonds. The van der Waals surface area contributed by atoms with Gasteiger partial charge in [-0.05, 0) is 65.7 Å². The molecule has 0 saturated heterocycles. The van der Waals surface area contributed by atoms with Gasteiger partial charge in [0.1, 0.15) is 0 Å². The van der Waals surface area contributed by atoms with Crippen molar-refractivity contribution in [2.24, 2.45) is 0 Å². The maximum Gasteiger partial charge on any atom is 0.488 e. The number of fused-ring (bicyclic) bond motifs is 3. The molecule has 4 heteroatoms. The van der Waals surface area contributed by atoms with E-state index in [-0.39, 0.29) is 5.41 Å². The fraction of sp³-hybridized carbons (Fsp3) is 0.0769. The van der Waals surface area contributed by atoms with Crippen LogP contribution in [0.4, 0.5) is 0 Å². The van der Waals surface area contributed by atoms with Crippen molar-refractivity contribution >= 4 is 41.4 Å². The summed E-state index contributed by atoms with van der Waals surface area (Å²) in [5.74, 6) is 0. The van der Waals surface area contributed by atoms with Crippen molar-refractivity contribution in [3.05, 3.63) is 163 Å². The van der Waals surface area contributed by atoms with Crippen LogP contribution in [0.1, 0.15) is 25.0 Å². The average Bonchev–Trinajstić information content (AvgIpc) is 3.28. The molecule has 0 aromatic heterocycles. The summed E-state index contributed by atoms with van der Waals surface area (Å²) in [6.45, 7) is 4.44. The minimum atomic E-state index is -2.56. The number of hydrogen-bond acceptors (Lipinski definition) is 2. The van der Waals surface area contributed by atoms with E-state index in [0.717, 1.165) is 11.1 Å². The van der Waals surface area contributed by atoms with Crippen LogP contribution in [0, 0.1) is 0 Å². The van der Waals surface area contributed by atoms with Gasteiger partial charge in [0.2, 0.25) is 0 Å². The van der Waals surface area contributed by atoms with E-state index < -0.39 is 15.2 Å². The minimum Gasteiger partial charge on any atom is -0.423 e. The third-order valence-electron chi connectivity index (χ3n) is 9.27. The highest BCUT2D eigenvalue weighted by atomic mass is 28.3. The van der Waals surface area contributed by atoms with E-state index in [4.69, 9.17) is 0 Å². The Morgan fingerprint density at radius 2 is 0.884 bits per heavy atom. The molecule has 0 unspecified atom stereocenters. The quantitative estimate of drug-likeness (QED) is 0.224. The zero-order chi connectivity index (χ0) is 29.6. The summed E-state index contributed by atoms with van der Waals surface area (Å²) >= 11 is 0. The summed E-state index contributed by atoms with van der Waals surface area (Å²) in [5, 5.41) is 25.0. The van der Waals surface area contributed by atoms with Crippen molar-refractivity contribution in [1.82, 2.24) is 0 Å². The highest BCUT2D eigenvalue weighted by molar-refractivity contribution is 7.19. The summed E-state index contributed by atoms with van der Waals surface area (Å²) in [4.78, 5) is 0. The SMILES string of the molecule is CC1(C)c2cc(B(O)O)ccc2-c2ccc(-c3ccc([Si](c4ccccc4)(c4ccccc4)c4ccccc4)cc3)cc21. The fourth-order valence-electron chi connectivity index (χ4n) is 7.07. The second-order valence-corrected chi connectivity index (χ2v) is 15.8. The lowest BCUT2D eigenvalue weighted by molar-refractivity contribution is 0.425. The topological polar surface area (TPSA) is 40.5 Å². The second kappa shape index (κ2) is 10.7. The van der Waals surface area contributed by atoms with Crippen LogP contribution in [-0.2, 0) is 5.41 Å². The van der Waals surface area contributed by atoms with Gasteiger partial charge in [-0.25, -0.2) is 0 Å². The van der Waals surface area contributed by atoms with E-state index in [1.54, 1.807) is 0 Å². The van der Waals surface area contributed by atoms with Gasteiger partial charge in [-0.3, -0.25) is 0 Å². The van der Waals surface area contributed by atoms with Crippen molar-refractivity contribution < 1.29 is 10.0 Å². The molecule has 6 aromatic rings. The summed E-state index contributed by atoms with van der Waals surface area (Å²) in [7, 11) is -4.04. The van der Waals surface area contributed by atoms with Crippen LogP contribution in [0.3, 0.4) is 0 Å². The van der Waals surface area contributed by atoms with Crippen LogP contribution in [0.15, 0.2) is 152 Å². The first kappa shape index (κ1) is 27.4. The number of benzene rings is 6. The largest absolute Gasteiger partial charge is 0.488 e. The van der Waals surface area contributed by atoms with Crippen molar-refractivity contribution in [2.75, 3.05) is 0 Å². The maximum atomic E-state index is 9.79. The lowest BCUT2D eigenvalue weighted by Gasteiger charge is -2.34. The van der Waals surface area contributed by atoms with Crippen LogP contribution in [0.5, 0.6) is 0 Å². The van der Waals surface area contributed by atoms with Gasteiger partial charge in [0.15, 0.2) is 8.07 Å². The molecular formula is C39H33BO2Si. The molecule has 1 aliphatic rings. The van der Waals surface area contributed by atoms with Gasteiger partial charge < -0.3 is 10.0 Å². The van der Waals surface area contributed by atoms with Crippen molar-refractivity contribution in [3.63, 3.8) is 0 Å². The van der Waals surface area contributed by atoms with Gasteiger partial charge in [-0.2, -0.15) is 0 Å². The molecule has 0 aliphatic heterocycles. The van der Waals surface area contributed by atoms with Crippen molar-refractivity contribution in [1.29, 1.82) is 0 Å². The fourth-order valence-corrected chi connectivity index (χ4v) is 11.8. The molecule has 7 rings (SSSR count). The van der Waals surface area contributed by atoms with Gasteiger partial charge >= 0.3 is 7.12 Å². The number of hydrogen-bond donors (Lipinski definition) is 2.